The Morgan fingerprint density at radius 2 is 2.12 bits per heavy atom. The Hall–Kier alpha value is -1.97. The van der Waals surface area contributed by atoms with Crippen LogP contribution in [0.2, 0.25) is 0 Å². The Balaban J connectivity index is 1.96. The first-order valence-corrected chi connectivity index (χ1v) is 5.21. The normalized spacial score (nSPS) is 26.4. The van der Waals surface area contributed by atoms with E-state index in [0.29, 0.717) is 29.3 Å². The fourth-order valence-electron chi connectivity index (χ4n) is 1.98. The number of hydrogen-bond donors (Lipinski definition) is 2. The van der Waals surface area contributed by atoms with Gasteiger partial charge in [-0.2, -0.15) is 0 Å². The van der Waals surface area contributed by atoms with Crippen LogP contribution in [0.25, 0.3) is 0 Å². The molecular formula is C12H12N2O2. The summed E-state index contributed by atoms with van der Waals surface area (Å²) in [6.45, 7) is 0. The van der Waals surface area contributed by atoms with Gasteiger partial charge in [0.15, 0.2) is 17.6 Å². The van der Waals surface area contributed by atoms with Crippen molar-refractivity contribution in [1.29, 1.82) is 5.41 Å². The van der Waals surface area contributed by atoms with Crippen LogP contribution < -0.4 is 15.2 Å². The Labute approximate surface area is 93.2 Å². The summed E-state index contributed by atoms with van der Waals surface area (Å²) in [7, 11) is 0. The zero-order valence-electron chi connectivity index (χ0n) is 8.64. The van der Waals surface area contributed by atoms with Crippen molar-refractivity contribution in [2.75, 3.05) is 5.73 Å². The van der Waals surface area contributed by atoms with Gasteiger partial charge in [0.05, 0.1) is 0 Å². The molecule has 1 aliphatic carbocycles. The van der Waals surface area contributed by atoms with E-state index in [2.05, 4.69) is 0 Å². The highest BCUT2D eigenvalue weighted by Crippen LogP contribution is 2.37. The van der Waals surface area contributed by atoms with Crippen LogP contribution in [0.4, 0.5) is 5.69 Å². The van der Waals surface area contributed by atoms with Gasteiger partial charge in [0.25, 0.3) is 0 Å². The standard InChI is InChI=1S/C12H12N2O2/c13-7-1-3-9-11(5-7)16-12-6-8(14)2-4-10(12)15-9/h1-5,10,12,14H,6,13H2. The van der Waals surface area contributed by atoms with Crippen molar-refractivity contribution < 1.29 is 9.47 Å². The van der Waals surface area contributed by atoms with E-state index in [4.69, 9.17) is 20.6 Å². The van der Waals surface area contributed by atoms with Gasteiger partial charge >= 0.3 is 0 Å². The molecule has 0 bridgehead atoms. The van der Waals surface area contributed by atoms with E-state index < -0.39 is 0 Å². The van der Waals surface area contributed by atoms with Crippen molar-refractivity contribution in [3.05, 3.63) is 30.4 Å². The van der Waals surface area contributed by atoms with Crippen LogP contribution in [0, 0.1) is 5.41 Å². The molecule has 4 heteroatoms. The molecule has 0 spiro atoms. The summed E-state index contributed by atoms with van der Waals surface area (Å²) in [5.41, 5.74) is 6.91. The number of benzene rings is 1. The summed E-state index contributed by atoms with van der Waals surface area (Å²) in [6.07, 6.45) is 4.02. The Bertz CT molecular complexity index is 482. The van der Waals surface area contributed by atoms with Crippen LogP contribution in [0.5, 0.6) is 11.5 Å². The Morgan fingerprint density at radius 3 is 3.00 bits per heavy atom. The molecule has 82 valence electrons. The van der Waals surface area contributed by atoms with E-state index in [0.717, 1.165) is 0 Å². The van der Waals surface area contributed by atoms with Crippen LogP contribution in [-0.4, -0.2) is 17.9 Å². The number of hydrogen-bond acceptors (Lipinski definition) is 4. The predicted molar refractivity (Wildman–Crippen MR) is 61.2 cm³/mol. The minimum absolute atomic E-state index is 0.0924. The van der Waals surface area contributed by atoms with E-state index in [-0.39, 0.29) is 12.2 Å². The van der Waals surface area contributed by atoms with E-state index >= 15 is 0 Å². The largest absolute Gasteiger partial charge is 0.482 e. The molecule has 3 N–H and O–H groups in total. The lowest BCUT2D eigenvalue weighted by atomic mass is 9.99. The number of ether oxygens (including phenoxy) is 2. The minimum Gasteiger partial charge on any atom is -0.482 e. The number of nitrogens with one attached hydrogen (secondary N) is 1. The lowest BCUT2D eigenvalue weighted by Crippen LogP contribution is -2.41. The smallest absolute Gasteiger partial charge is 0.163 e. The number of anilines is 1. The number of allylic oxidation sites excluding steroid dienone is 1. The third-order valence-corrected chi connectivity index (χ3v) is 2.78. The van der Waals surface area contributed by atoms with Gasteiger partial charge in [-0.1, -0.05) is 0 Å². The molecule has 2 aliphatic rings. The molecule has 4 nitrogen and oxygen atoms in total. The van der Waals surface area contributed by atoms with Gasteiger partial charge in [0, 0.05) is 23.9 Å². The maximum absolute atomic E-state index is 7.59. The van der Waals surface area contributed by atoms with Crippen molar-refractivity contribution in [2.45, 2.75) is 18.6 Å². The lowest BCUT2D eigenvalue weighted by Gasteiger charge is -2.34. The van der Waals surface area contributed by atoms with Gasteiger partial charge < -0.3 is 20.6 Å². The van der Waals surface area contributed by atoms with Gasteiger partial charge in [-0.25, -0.2) is 0 Å². The number of rotatable bonds is 0. The summed E-state index contributed by atoms with van der Waals surface area (Å²) in [5.74, 6) is 1.39. The molecule has 3 rings (SSSR count). The summed E-state index contributed by atoms with van der Waals surface area (Å²) >= 11 is 0. The molecular weight excluding hydrogens is 204 g/mol. The second-order valence-corrected chi connectivity index (χ2v) is 4.03. The van der Waals surface area contributed by atoms with Crippen LogP contribution in [0.1, 0.15) is 6.42 Å². The maximum atomic E-state index is 7.59. The van der Waals surface area contributed by atoms with Crippen molar-refractivity contribution in [3.8, 4) is 11.5 Å². The fourth-order valence-corrected chi connectivity index (χ4v) is 1.98. The van der Waals surface area contributed by atoms with Crippen molar-refractivity contribution in [3.63, 3.8) is 0 Å². The van der Waals surface area contributed by atoms with Gasteiger partial charge in [-0.15, -0.1) is 0 Å². The van der Waals surface area contributed by atoms with Crippen molar-refractivity contribution >= 4 is 11.4 Å². The Morgan fingerprint density at radius 1 is 1.25 bits per heavy atom. The molecule has 1 aromatic rings. The average molecular weight is 216 g/mol. The third-order valence-electron chi connectivity index (χ3n) is 2.78. The minimum atomic E-state index is -0.105. The summed E-state index contributed by atoms with van der Waals surface area (Å²) in [6, 6.07) is 5.36. The van der Waals surface area contributed by atoms with Crippen LogP contribution >= 0.6 is 0 Å². The van der Waals surface area contributed by atoms with Crippen LogP contribution in [0.3, 0.4) is 0 Å². The topological polar surface area (TPSA) is 68.3 Å². The molecule has 1 aromatic carbocycles. The zero-order valence-corrected chi connectivity index (χ0v) is 8.64. The zero-order chi connectivity index (χ0) is 11.1. The molecule has 0 radical (unpaired) electrons. The molecule has 1 aliphatic heterocycles. The van der Waals surface area contributed by atoms with Gasteiger partial charge in [-0.05, 0) is 24.3 Å². The van der Waals surface area contributed by atoms with Gasteiger partial charge in [0.1, 0.15) is 6.10 Å². The first-order valence-electron chi connectivity index (χ1n) is 5.21. The maximum Gasteiger partial charge on any atom is 0.163 e. The first kappa shape index (κ1) is 9.27. The second-order valence-electron chi connectivity index (χ2n) is 4.03. The van der Waals surface area contributed by atoms with Gasteiger partial charge in [-0.3, -0.25) is 0 Å². The van der Waals surface area contributed by atoms with E-state index in [1.165, 1.54) is 0 Å². The van der Waals surface area contributed by atoms with E-state index in [9.17, 15) is 0 Å². The predicted octanol–water partition coefficient (Wildman–Crippen LogP) is 1.76. The second kappa shape index (κ2) is 3.27. The molecule has 0 saturated carbocycles. The molecule has 0 fully saturated rings. The molecule has 0 saturated heterocycles. The molecule has 2 atom stereocenters. The molecule has 1 heterocycles. The van der Waals surface area contributed by atoms with Crippen LogP contribution in [-0.2, 0) is 0 Å². The lowest BCUT2D eigenvalue weighted by molar-refractivity contribution is 0.0505. The molecule has 0 amide bonds. The third kappa shape index (κ3) is 1.43. The molecule has 0 aromatic heterocycles. The fraction of sp³-hybridized carbons (Fsp3) is 0.250. The quantitative estimate of drug-likeness (QED) is 0.649. The number of nitrogen functional groups attached to an aromatic ring is 1. The highest BCUT2D eigenvalue weighted by Gasteiger charge is 2.32. The molecule has 16 heavy (non-hydrogen) atoms. The highest BCUT2D eigenvalue weighted by atomic mass is 16.6. The number of nitrogens with two attached hydrogens (primary N) is 1. The van der Waals surface area contributed by atoms with Gasteiger partial charge in [0.2, 0.25) is 0 Å². The van der Waals surface area contributed by atoms with E-state index in [1.807, 2.05) is 12.1 Å². The summed E-state index contributed by atoms with van der Waals surface area (Å²) < 4.78 is 11.6. The molecule has 2 unspecified atom stereocenters. The Kier molecular flexibility index (Phi) is 1.89. The number of fused-ring (bicyclic) bond motifs is 2. The van der Waals surface area contributed by atoms with E-state index in [1.54, 1.807) is 18.2 Å². The van der Waals surface area contributed by atoms with Crippen molar-refractivity contribution in [2.24, 2.45) is 0 Å². The SMILES string of the molecule is N=C1C=CC2Oc3ccc(N)cc3OC2C1. The van der Waals surface area contributed by atoms with Crippen LogP contribution in [0.15, 0.2) is 30.4 Å². The monoisotopic (exact) mass is 216 g/mol. The summed E-state index contributed by atoms with van der Waals surface area (Å²) in [4.78, 5) is 0. The average Bonchev–Trinajstić information content (AvgIpc) is 2.26. The highest BCUT2D eigenvalue weighted by molar-refractivity contribution is 5.93. The van der Waals surface area contributed by atoms with Crippen molar-refractivity contribution in [1.82, 2.24) is 0 Å². The summed E-state index contributed by atoms with van der Waals surface area (Å²) in [5, 5.41) is 7.59. The first-order chi connectivity index (χ1) is 7.72.